The quantitative estimate of drug-likeness (QED) is 0.895. The van der Waals surface area contributed by atoms with Crippen molar-refractivity contribution in [2.24, 2.45) is 0 Å². The smallest absolute Gasteiger partial charge is 0.0898 e. The van der Waals surface area contributed by atoms with Gasteiger partial charge in [0.25, 0.3) is 0 Å². The monoisotopic (exact) mass is 324 g/mol. The van der Waals surface area contributed by atoms with E-state index in [1.165, 1.54) is 5.56 Å². The summed E-state index contributed by atoms with van der Waals surface area (Å²) in [7, 11) is 0. The van der Waals surface area contributed by atoms with Crippen LogP contribution in [0.1, 0.15) is 29.2 Å². The summed E-state index contributed by atoms with van der Waals surface area (Å²) in [5.74, 6) is 0. The highest BCUT2D eigenvalue weighted by Crippen LogP contribution is 2.22. The third-order valence-corrected chi connectivity index (χ3v) is 4.06. The van der Waals surface area contributed by atoms with Crippen molar-refractivity contribution in [3.8, 4) is 0 Å². The molecule has 1 aromatic heterocycles. The average Bonchev–Trinajstić information content (AvgIpc) is 2.75. The Morgan fingerprint density at radius 2 is 2.28 bits per heavy atom. The summed E-state index contributed by atoms with van der Waals surface area (Å²) < 4.78 is 1.13. The fourth-order valence-corrected chi connectivity index (χ4v) is 3.08. The van der Waals surface area contributed by atoms with E-state index in [1.54, 1.807) is 11.3 Å². The number of nitrogens with one attached hydrogen (secondary N) is 1. The number of aryl methyl sites for hydroxylation is 1. The lowest BCUT2D eigenvalue weighted by molar-refractivity contribution is 0.538. The molecular formula is C14H17BrN2S. The van der Waals surface area contributed by atoms with Gasteiger partial charge in [-0.1, -0.05) is 35.0 Å². The highest BCUT2D eigenvalue weighted by Gasteiger charge is 2.14. The first-order chi connectivity index (χ1) is 8.69. The van der Waals surface area contributed by atoms with Gasteiger partial charge >= 0.3 is 0 Å². The SMILES string of the molecule is CCNC(Cc1cccc(Br)c1)c1csc(C)n1. The normalized spacial score (nSPS) is 12.6. The minimum Gasteiger partial charge on any atom is -0.309 e. The predicted molar refractivity (Wildman–Crippen MR) is 81.1 cm³/mol. The maximum atomic E-state index is 4.59. The molecule has 0 aliphatic rings. The molecule has 1 heterocycles. The molecule has 1 N–H and O–H groups in total. The van der Waals surface area contributed by atoms with Crippen LogP contribution in [0.5, 0.6) is 0 Å². The first-order valence-corrected chi connectivity index (χ1v) is 7.76. The van der Waals surface area contributed by atoms with Crippen molar-refractivity contribution in [2.75, 3.05) is 6.54 Å². The van der Waals surface area contributed by atoms with E-state index >= 15 is 0 Å². The first kappa shape index (κ1) is 13.7. The Labute approximate surface area is 121 Å². The van der Waals surface area contributed by atoms with Gasteiger partial charge in [0, 0.05) is 9.85 Å². The molecule has 0 amide bonds. The number of likely N-dealkylation sites (N-methyl/N-ethyl adjacent to an activating group) is 1. The van der Waals surface area contributed by atoms with Crippen LogP contribution in [0.2, 0.25) is 0 Å². The van der Waals surface area contributed by atoms with Crippen molar-refractivity contribution in [3.05, 3.63) is 50.4 Å². The van der Waals surface area contributed by atoms with E-state index in [0.29, 0.717) is 6.04 Å². The molecule has 0 aliphatic carbocycles. The van der Waals surface area contributed by atoms with Gasteiger partial charge in [-0.2, -0.15) is 0 Å². The zero-order chi connectivity index (χ0) is 13.0. The second-order valence-corrected chi connectivity index (χ2v) is 6.21. The molecule has 4 heteroatoms. The van der Waals surface area contributed by atoms with Gasteiger partial charge in [-0.15, -0.1) is 11.3 Å². The molecule has 96 valence electrons. The lowest BCUT2D eigenvalue weighted by atomic mass is 10.0. The largest absolute Gasteiger partial charge is 0.309 e. The average molecular weight is 325 g/mol. The molecule has 0 radical (unpaired) electrons. The summed E-state index contributed by atoms with van der Waals surface area (Å²) in [5.41, 5.74) is 2.47. The molecule has 1 atom stereocenters. The Hall–Kier alpha value is -0.710. The predicted octanol–water partition coefficient (Wildman–Crippen LogP) is 4.11. The van der Waals surface area contributed by atoms with Crippen molar-refractivity contribution in [2.45, 2.75) is 26.3 Å². The topological polar surface area (TPSA) is 24.9 Å². The second kappa shape index (κ2) is 6.45. The van der Waals surface area contributed by atoms with E-state index in [-0.39, 0.29) is 0 Å². The molecule has 0 spiro atoms. The highest BCUT2D eigenvalue weighted by molar-refractivity contribution is 9.10. The molecule has 0 saturated carbocycles. The third-order valence-electron chi connectivity index (χ3n) is 2.77. The zero-order valence-corrected chi connectivity index (χ0v) is 13.0. The molecule has 0 aliphatic heterocycles. The lowest BCUT2D eigenvalue weighted by Crippen LogP contribution is -2.23. The molecule has 18 heavy (non-hydrogen) atoms. The van der Waals surface area contributed by atoms with Gasteiger partial charge in [-0.3, -0.25) is 0 Å². The zero-order valence-electron chi connectivity index (χ0n) is 10.6. The molecule has 2 aromatic rings. The number of aromatic nitrogens is 1. The van der Waals surface area contributed by atoms with Crippen LogP contribution in [0.4, 0.5) is 0 Å². The van der Waals surface area contributed by atoms with Crippen LogP contribution in [0, 0.1) is 6.92 Å². The van der Waals surface area contributed by atoms with Gasteiger partial charge in [0.2, 0.25) is 0 Å². The minimum atomic E-state index is 0.300. The van der Waals surface area contributed by atoms with Crippen LogP contribution in [0.25, 0.3) is 0 Å². The van der Waals surface area contributed by atoms with E-state index < -0.39 is 0 Å². The Bertz CT molecular complexity index is 510. The van der Waals surface area contributed by atoms with Crippen molar-refractivity contribution < 1.29 is 0 Å². The Morgan fingerprint density at radius 3 is 2.89 bits per heavy atom. The van der Waals surface area contributed by atoms with Gasteiger partial charge in [-0.05, 0) is 37.6 Å². The summed E-state index contributed by atoms with van der Waals surface area (Å²) in [6.07, 6.45) is 0.969. The molecule has 0 saturated heterocycles. The van der Waals surface area contributed by atoms with Gasteiger partial charge in [-0.25, -0.2) is 4.98 Å². The summed E-state index contributed by atoms with van der Waals surface area (Å²) >= 11 is 5.23. The van der Waals surface area contributed by atoms with Crippen LogP contribution < -0.4 is 5.32 Å². The number of halogens is 1. The number of hydrogen-bond donors (Lipinski definition) is 1. The van der Waals surface area contributed by atoms with E-state index in [0.717, 1.165) is 28.1 Å². The van der Waals surface area contributed by atoms with E-state index in [1.807, 2.05) is 0 Å². The lowest BCUT2D eigenvalue weighted by Gasteiger charge is -2.16. The molecular weight excluding hydrogens is 308 g/mol. The second-order valence-electron chi connectivity index (χ2n) is 4.24. The third kappa shape index (κ3) is 3.64. The Kier molecular flexibility index (Phi) is 4.92. The first-order valence-electron chi connectivity index (χ1n) is 6.09. The van der Waals surface area contributed by atoms with Crippen LogP contribution >= 0.6 is 27.3 Å². The number of rotatable bonds is 5. The van der Waals surface area contributed by atoms with E-state index in [2.05, 4.69) is 69.7 Å². The summed E-state index contributed by atoms with van der Waals surface area (Å²) in [4.78, 5) is 4.59. The van der Waals surface area contributed by atoms with E-state index in [9.17, 15) is 0 Å². The van der Waals surface area contributed by atoms with Gasteiger partial charge in [0.1, 0.15) is 0 Å². The number of thiazole rings is 1. The number of nitrogens with zero attached hydrogens (tertiary/aromatic N) is 1. The summed E-state index contributed by atoms with van der Waals surface area (Å²) in [6.45, 7) is 5.14. The molecule has 1 unspecified atom stereocenters. The molecule has 2 nitrogen and oxygen atoms in total. The number of benzene rings is 1. The van der Waals surface area contributed by atoms with Crippen molar-refractivity contribution >= 4 is 27.3 Å². The number of hydrogen-bond acceptors (Lipinski definition) is 3. The summed E-state index contributed by atoms with van der Waals surface area (Å²) in [5, 5.41) is 6.79. The van der Waals surface area contributed by atoms with Crippen LogP contribution in [0.15, 0.2) is 34.1 Å². The molecule has 0 bridgehead atoms. The Morgan fingerprint density at radius 1 is 1.44 bits per heavy atom. The Balaban J connectivity index is 2.16. The van der Waals surface area contributed by atoms with Crippen molar-refractivity contribution in [1.82, 2.24) is 10.3 Å². The minimum absolute atomic E-state index is 0.300. The standard InChI is InChI=1S/C14H17BrN2S/c1-3-16-13(14-9-18-10(2)17-14)8-11-5-4-6-12(15)7-11/h4-7,9,13,16H,3,8H2,1-2H3. The highest BCUT2D eigenvalue weighted by atomic mass is 79.9. The van der Waals surface area contributed by atoms with Gasteiger partial charge in [0.05, 0.1) is 16.7 Å². The van der Waals surface area contributed by atoms with E-state index in [4.69, 9.17) is 0 Å². The summed E-state index contributed by atoms with van der Waals surface area (Å²) in [6, 6.07) is 8.76. The van der Waals surface area contributed by atoms with Gasteiger partial charge < -0.3 is 5.32 Å². The van der Waals surface area contributed by atoms with Crippen LogP contribution in [-0.4, -0.2) is 11.5 Å². The molecule has 0 fully saturated rings. The van der Waals surface area contributed by atoms with Crippen molar-refractivity contribution in [1.29, 1.82) is 0 Å². The van der Waals surface area contributed by atoms with Gasteiger partial charge in [0.15, 0.2) is 0 Å². The molecule has 1 aromatic carbocycles. The maximum Gasteiger partial charge on any atom is 0.0898 e. The fraction of sp³-hybridized carbons (Fsp3) is 0.357. The maximum absolute atomic E-state index is 4.59. The molecule has 2 rings (SSSR count). The van der Waals surface area contributed by atoms with Crippen LogP contribution in [0.3, 0.4) is 0 Å². The van der Waals surface area contributed by atoms with Crippen LogP contribution in [-0.2, 0) is 6.42 Å². The fourth-order valence-electron chi connectivity index (χ4n) is 1.97. The van der Waals surface area contributed by atoms with Crippen molar-refractivity contribution in [3.63, 3.8) is 0 Å².